The smallest absolute Gasteiger partial charge is 0.234 e. The molecule has 96 valence electrons. The van der Waals surface area contributed by atoms with E-state index < -0.39 is 0 Å². The maximum Gasteiger partial charge on any atom is 0.234 e. The van der Waals surface area contributed by atoms with Crippen LogP contribution in [0.1, 0.15) is 34.6 Å². The number of likely N-dealkylation sites (N-methyl/N-ethyl adjacent to an activating group) is 2. The van der Waals surface area contributed by atoms with Gasteiger partial charge in [0.15, 0.2) is 0 Å². The summed E-state index contributed by atoms with van der Waals surface area (Å²) in [6.07, 6.45) is 0. The van der Waals surface area contributed by atoms with Crippen LogP contribution in [0.4, 0.5) is 0 Å². The van der Waals surface area contributed by atoms with Crippen molar-refractivity contribution in [1.82, 2.24) is 15.5 Å². The van der Waals surface area contributed by atoms with Crippen LogP contribution in [-0.2, 0) is 4.79 Å². The van der Waals surface area contributed by atoms with Gasteiger partial charge in [-0.3, -0.25) is 9.69 Å². The standard InChI is InChI=1S/C12H27N3O/c1-6-13-11(16)10-15(7-2)9-8-14-12(3,4)5/h14H,6-10H2,1-5H3,(H,13,16). The Morgan fingerprint density at radius 2 is 1.88 bits per heavy atom. The first-order valence-corrected chi connectivity index (χ1v) is 6.13. The van der Waals surface area contributed by atoms with Gasteiger partial charge in [0.05, 0.1) is 6.54 Å². The Kier molecular flexibility index (Phi) is 7.34. The lowest BCUT2D eigenvalue weighted by Gasteiger charge is -2.24. The van der Waals surface area contributed by atoms with Gasteiger partial charge in [-0.15, -0.1) is 0 Å². The number of nitrogens with zero attached hydrogens (tertiary/aromatic N) is 1. The zero-order chi connectivity index (χ0) is 12.6. The van der Waals surface area contributed by atoms with Gasteiger partial charge in [0.25, 0.3) is 0 Å². The van der Waals surface area contributed by atoms with Gasteiger partial charge in [-0.25, -0.2) is 0 Å². The molecule has 0 aliphatic carbocycles. The Balaban J connectivity index is 3.79. The van der Waals surface area contributed by atoms with Crippen LogP contribution >= 0.6 is 0 Å². The molecule has 0 aromatic carbocycles. The summed E-state index contributed by atoms with van der Waals surface area (Å²) in [5, 5.41) is 6.23. The predicted molar refractivity (Wildman–Crippen MR) is 68.6 cm³/mol. The zero-order valence-corrected chi connectivity index (χ0v) is 11.4. The lowest BCUT2D eigenvalue weighted by Crippen LogP contribution is -2.44. The van der Waals surface area contributed by atoms with Crippen LogP contribution < -0.4 is 10.6 Å². The van der Waals surface area contributed by atoms with Gasteiger partial charge in [-0.05, 0) is 34.2 Å². The van der Waals surface area contributed by atoms with E-state index in [4.69, 9.17) is 0 Å². The minimum atomic E-state index is 0.111. The first kappa shape index (κ1) is 15.4. The molecule has 0 radical (unpaired) electrons. The van der Waals surface area contributed by atoms with Crippen LogP contribution in [0.2, 0.25) is 0 Å². The van der Waals surface area contributed by atoms with Gasteiger partial charge >= 0.3 is 0 Å². The van der Waals surface area contributed by atoms with Crippen LogP contribution in [0.5, 0.6) is 0 Å². The SMILES string of the molecule is CCNC(=O)CN(CC)CCNC(C)(C)C. The Hall–Kier alpha value is -0.610. The highest BCUT2D eigenvalue weighted by atomic mass is 16.2. The minimum Gasteiger partial charge on any atom is -0.355 e. The lowest BCUT2D eigenvalue weighted by molar-refractivity contribution is -0.122. The molecule has 0 spiro atoms. The molecule has 0 aliphatic heterocycles. The number of carbonyl (C=O) groups is 1. The second kappa shape index (κ2) is 7.63. The normalized spacial score (nSPS) is 11.9. The van der Waals surface area contributed by atoms with E-state index in [-0.39, 0.29) is 11.4 Å². The monoisotopic (exact) mass is 229 g/mol. The third kappa shape index (κ3) is 8.68. The van der Waals surface area contributed by atoms with Crippen molar-refractivity contribution in [3.8, 4) is 0 Å². The van der Waals surface area contributed by atoms with Crippen molar-refractivity contribution in [2.24, 2.45) is 0 Å². The van der Waals surface area contributed by atoms with Crippen molar-refractivity contribution in [3.63, 3.8) is 0 Å². The molecular formula is C12H27N3O. The summed E-state index contributed by atoms with van der Waals surface area (Å²) in [5.41, 5.74) is 0.144. The molecule has 0 fully saturated rings. The highest BCUT2D eigenvalue weighted by molar-refractivity contribution is 5.77. The van der Waals surface area contributed by atoms with Crippen molar-refractivity contribution < 1.29 is 4.79 Å². The summed E-state index contributed by atoms with van der Waals surface area (Å²) < 4.78 is 0. The molecule has 0 unspecified atom stereocenters. The second-order valence-electron chi connectivity index (χ2n) is 5.00. The summed E-state index contributed by atoms with van der Waals surface area (Å²) >= 11 is 0. The molecule has 4 nitrogen and oxygen atoms in total. The van der Waals surface area contributed by atoms with Crippen molar-refractivity contribution in [2.75, 3.05) is 32.7 Å². The predicted octanol–water partition coefficient (Wildman–Crippen LogP) is 0.833. The summed E-state index contributed by atoms with van der Waals surface area (Å²) in [5.74, 6) is 0.111. The molecule has 0 bridgehead atoms. The molecule has 0 heterocycles. The van der Waals surface area contributed by atoms with E-state index in [2.05, 4.69) is 43.2 Å². The molecule has 0 aromatic rings. The number of hydrogen-bond acceptors (Lipinski definition) is 3. The van der Waals surface area contributed by atoms with Crippen LogP contribution in [0.25, 0.3) is 0 Å². The molecule has 0 saturated heterocycles. The number of nitrogens with one attached hydrogen (secondary N) is 2. The minimum absolute atomic E-state index is 0.111. The average molecular weight is 229 g/mol. The van der Waals surface area contributed by atoms with Crippen LogP contribution in [0, 0.1) is 0 Å². The molecule has 16 heavy (non-hydrogen) atoms. The van der Waals surface area contributed by atoms with E-state index in [1.54, 1.807) is 0 Å². The van der Waals surface area contributed by atoms with Gasteiger partial charge in [0, 0.05) is 25.2 Å². The second-order valence-corrected chi connectivity index (χ2v) is 5.00. The van der Waals surface area contributed by atoms with E-state index in [9.17, 15) is 4.79 Å². The average Bonchev–Trinajstić information content (AvgIpc) is 2.14. The molecule has 2 N–H and O–H groups in total. The van der Waals surface area contributed by atoms with Crippen molar-refractivity contribution in [2.45, 2.75) is 40.2 Å². The Bertz CT molecular complexity index is 199. The number of rotatable bonds is 7. The largest absolute Gasteiger partial charge is 0.355 e. The highest BCUT2D eigenvalue weighted by Gasteiger charge is 2.11. The van der Waals surface area contributed by atoms with Gasteiger partial charge in [-0.2, -0.15) is 0 Å². The molecule has 1 amide bonds. The van der Waals surface area contributed by atoms with Crippen LogP contribution in [0.15, 0.2) is 0 Å². The fraction of sp³-hybridized carbons (Fsp3) is 0.917. The van der Waals surface area contributed by atoms with Gasteiger partial charge in [0.2, 0.25) is 5.91 Å². The van der Waals surface area contributed by atoms with E-state index >= 15 is 0 Å². The number of hydrogen-bond donors (Lipinski definition) is 2. The molecule has 0 aliphatic rings. The quantitative estimate of drug-likeness (QED) is 0.680. The maximum absolute atomic E-state index is 11.4. The summed E-state index contributed by atoms with van der Waals surface area (Å²) in [6, 6.07) is 0. The maximum atomic E-state index is 11.4. The number of carbonyl (C=O) groups excluding carboxylic acids is 1. The Morgan fingerprint density at radius 1 is 1.25 bits per heavy atom. The van der Waals surface area contributed by atoms with E-state index in [1.165, 1.54) is 0 Å². The molecule has 0 aromatic heterocycles. The Morgan fingerprint density at radius 3 is 2.31 bits per heavy atom. The molecule has 0 saturated carbocycles. The third-order valence-corrected chi connectivity index (χ3v) is 2.27. The Labute approximate surface area is 99.8 Å². The summed E-state index contributed by atoms with van der Waals surface area (Å²) in [7, 11) is 0. The molecular weight excluding hydrogens is 202 g/mol. The van der Waals surface area contributed by atoms with E-state index in [0.717, 1.165) is 19.6 Å². The van der Waals surface area contributed by atoms with Crippen molar-refractivity contribution >= 4 is 5.91 Å². The van der Waals surface area contributed by atoms with E-state index in [1.807, 2.05) is 6.92 Å². The van der Waals surface area contributed by atoms with Crippen LogP contribution in [0.3, 0.4) is 0 Å². The van der Waals surface area contributed by atoms with Crippen molar-refractivity contribution in [1.29, 1.82) is 0 Å². The van der Waals surface area contributed by atoms with Crippen LogP contribution in [-0.4, -0.2) is 49.1 Å². The van der Waals surface area contributed by atoms with Gasteiger partial charge in [-0.1, -0.05) is 6.92 Å². The topological polar surface area (TPSA) is 44.4 Å². The fourth-order valence-electron chi connectivity index (χ4n) is 1.39. The third-order valence-electron chi connectivity index (χ3n) is 2.27. The molecule has 0 rings (SSSR count). The zero-order valence-electron chi connectivity index (χ0n) is 11.4. The lowest BCUT2D eigenvalue weighted by atomic mass is 10.1. The van der Waals surface area contributed by atoms with E-state index in [0.29, 0.717) is 13.1 Å². The first-order valence-electron chi connectivity index (χ1n) is 6.13. The highest BCUT2D eigenvalue weighted by Crippen LogP contribution is 1.97. The molecule has 4 heteroatoms. The summed E-state index contributed by atoms with van der Waals surface area (Å²) in [4.78, 5) is 13.5. The fourth-order valence-corrected chi connectivity index (χ4v) is 1.39. The molecule has 0 atom stereocenters. The first-order chi connectivity index (χ1) is 7.39. The van der Waals surface area contributed by atoms with Gasteiger partial charge < -0.3 is 10.6 Å². The van der Waals surface area contributed by atoms with Crippen molar-refractivity contribution in [3.05, 3.63) is 0 Å². The summed E-state index contributed by atoms with van der Waals surface area (Å²) in [6.45, 7) is 14.4. The number of amides is 1. The van der Waals surface area contributed by atoms with Gasteiger partial charge in [0.1, 0.15) is 0 Å².